The second kappa shape index (κ2) is 7.34. The summed E-state index contributed by atoms with van der Waals surface area (Å²) in [5.41, 5.74) is 0. The van der Waals surface area contributed by atoms with E-state index in [1.807, 2.05) is 0 Å². The smallest absolute Gasteiger partial charge is 0.0576 e. The Kier molecular flexibility index (Phi) is 6.21. The first-order valence-corrected chi connectivity index (χ1v) is 5.76. The van der Waals surface area contributed by atoms with Crippen molar-refractivity contribution < 1.29 is 4.74 Å². The van der Waals surface area contributed by atoms with Crippen LogP contribution in [-0.4, -0.2) is 25.8 Å². The van der Waals surface area contributed by atoms with E-state index >= 15 is 0 Å². The molecule has 1 heterocycles. The molecule has 1 aliphatic heterocycles. The third kappa shape index (κ3) is 5.27. The lowest BCUT2D eigenvalue weighted by molar-refractivity contribution is 0.102. The topological polar surface area (TPSA) is 21.3 Å². The second-order valence-corrected chi connectivity index (χ2v) is 3.88. The van der Waals surface area contributed by atoms with Crippen molar-refractivity contribution in [2.75, 3.05) is 19.7 Å². The minimum atomic E-state index is 0.577. The Morgan fingerprint density at radius 1 is 1.31 bits per heavy atom. The van der Waals surface area contributed by atoms with E-state index in [9.17, 15) is 0 Å². The largest absolute Gasteiger partial charge is 0.378 e. The Bertz CT molecular complexity index is 111. The summed E-state index contributed by atoms with van der Waals surface area (Å²) in [5.74, 6) is 0. The first kappa shape index (κ1) is 11.0. The van der Waals surface area contributed by atoms with Gasteiger partial charge in [0.1, 0.15) is 0 Å². The van der Waals surface area contributed by atoms with Crippen LogP contribution >= 0.6 is 0 Å². The minimum Gasteiger partial charge on any atom is -0.378 e. The summed E-state index contributed by atoms with van der Waals surface area (Å²) in [6, 6.07) is 0. The predicted molar refractivity (Wildman–Crippen MR) is 56.0 cm³/mol. The van der Waals surface area contributed by atoms with Crippen LogP contribution in [0.5, 0.6) is 0 Å². The van der Waals surface area contributed by atoms with Crippen LogP contribution in [0.15, 0.2) is 0 Å². The SMILES string of the molecule is CCCCNCCCC1CCCO1. The van der Waals surface area contributed by atoms with E-state index in [1.165, 1.54) is 51.6 Å². The fourth-order valence-electron chi connectivity index (χ4n) is 1.75. The summed E-state index contributed by atoms with van der Waals surface area (Å²) in [6.07, 6.45) is 8.25. The van der Waals surface area contributed by atoms with Gasteiger partial charge in [0.25, 0.3) is 0 Å². The normalized spacial score (nSPS) is 22.4. The first-order chi connectivity index (χ1) is 6.43. The molecule has 1 saturated heterocycles. The van der Waals surface area contributed by atoms with E-state index in [0.29, 0.717) is 6.10 Å². The molecule has 0 aromatic heterocycles. The van der Waals surface area contributed by atoms with E-state index in [-0.39, 0.29) is 0 Å². The summed E-state index contributed by atoms with van der Waals surface area (Å²) in [6.45, 7) is 5.57. The van der Waals surface area contributed by atoms with E-state index in [4.69, 9.17) is 4.74 Å². The molecule has 1 rings (SSSR count). The molecule has 13 heavy (non-hydrogen) atoms. The molecule has 0 saturated carbocycles. The van der Waals surface area contributed by atoms with Gasteiger partial charge in [0.2, 0.25) is 0 Å². The number of nitrogens with one attached hydrogen (secondary N) is 1. The lowest BCUT2D eigenvalue weighted by Gasteiger charge is -2.08. The van der Waals surface area contributed by atoms with Crippen molar-refractivity contribution in [3.05, 3.63) is 0 Å². The number of rotatable bonds is 7. The Balaban J connectivity index is 1.78. The number of hydrogen-bond donors (Lipinski definition) is 1. The highest BCUT2D eigenvalue weighted by Gasteiger charge is 2.13. The number of unbranched alkanes of at least 4 members (excludes halogenated alkanes) is 1. The molecular formula is C11H23NO. The van der Waals surface area contributed by atoms with Gasteiger partial charge >= 0.3 is 0 Å². The Hall–Kier alpha value is -0.0800. The van der Waals surface area contributed by atoms with Crippen LogP contribution in [0.2, 0.25) is 0 Å². The van der Waals surface area contributed by atoms with Crippen molar-refractivity contribution in [1.82, 2.24) is 5.32 Å². The summed E-state index contributed by atoms with van der Waals surface area (Å²) >= 11 is 0. The van der Waals surface area contributed by atoms with Gasteiger partial charge in [0.15, 0.2) is 0 Å². The zero-order valence-corrected chi connectivity index (χ0v) is 8.85. The van der Waals surface area contributed by atoms with E-state index < -0.39 is 0 Å². The van der Waals surface area contributed by atoms with Crippen LogP contribution in [-0.2, 0) is 4.74 Å². The van der Waals surface area contributed by atoms with Crippen LogP contribution in [0.4, 0.5) is 0 Å². The molecule has 1 fully saturated rings. The molecule has 0 spiro atoms. The summed E-state index contributed by atoms with van der Waals surface area (Å²) in [5, 5.41) is 3.45. The molecule has 2 nitrogen and oxygen atoms in total. The first-order valence-electron chi connectivity index (χ1n) is 5.76. The molecule has 0 aliphatic carbocycles. The molecule has 1 aliphatic rings. The van der Waals surface area contributed by atoms with Crippen LogP contribution in [0, 0.1) is 0 Å². The highest BCUT2D eigenvalue weighted by molar-refractivity contribution is 4.65. The molecule has 0 bridgehead atoms. The fourth-order valence-corrected chi connectivity index (χ4v) is 1.75. The summed E-state index contributed by atoms with van der Waals surface area (Å²) < 4.78 is 5.55. The van der Waals surface area contributed by atoms with Gasteiger partial charge in [-0.1, -0.05) is 13.3 Å². The van der Waals surface area contributed by atoms with E-state index in [0.717, 1.165) is 6.61 Å². The quantitative estimate of drug-likeness (QED) is 0.615. The van der Waals surface area contributed by atoms with Gasteiger partial charge in [0.05, 0.1) is 6.10 Å². The molecule has 0 aromatic carbocycles. The van der Waals surface area contributed by atoms with Gasteiger partial charge in [0, 0.05) is 6.61 Å². The minimum absolute atomic E-state index is 0.577. The molecule has 2 heteroatoms. The molecule has 1 N–H and O–H groups in total. The average Bonchev–Trinajstić information content (AvgIpc) is 2.63. The Morgan fingerprint density at radius 2 is 2.15 bits per heavy atom. The van der Waals surface area contributed by atoms with Gasteiger partial charge in [-0.15, -0.1) is 0 Å². The monoisotopic (exact) mass is 185 g/mol. The van der Waals surface area contributed by atoms with Crippen molar-refractivity contribution in [1.29, 1.82) is 0 Å². The molecule has 1 unspecified atom stereocenters. The molecule has 0 radical (unpaired) electrons. The summed E-state index contributed by atoms with van der Waals surface area (Å²) in [4.78, 5) is 0. The zero-order valence-electron chi connectivity index (χ0n) is 8.85. The van der Waals surface area contributed by atoms with E-state index in [2.05, 4.69) is 12.2 Å². The van der Waals surface area contributed by atoms with Gasteiger partial charge < -0.3 is 10.1 Å². The lowest BCUT2D eigenvalue weighted by atomic mass is 10.1. The Labute approximate surface area is 82.0 Å². The average molecular weight is 185 g/mol. The van der Waals surface area contributed by atoms with E-state index in [1.54, 1.807) is 0 Å². The van der Waals surface area contributed by atoms with Crippen molar-refractivity contribution in [3.8, 4) is 0 Å². The highest BCUT2D eigenvalue weighted by atomic mass is 16.5. The molecular weight excluding hydrogens is 162 g/mol. The second-order valence-electron chi connectivity index (χ2n) is 3.88. The predicted octanol–water partition coefficient (Wildman–Crippen LogP) is 2.34. The maximum Gasteiger partial charge on any atom is 0.0576 e. The molecule has 0 aromatic rings. The van der Waals surface area contributed by atoms with Gasteiger partial charge in [-0.2, -0.15) is 0 Å². The highest BCUT2D eigenvalue weighted by Crippen LogP contribution is 2.16. The lowest BCUT2D eigenvalue weighted by Crippen LogP contribution is -2.18. The van der Waals surface area contributed by atoms with Crippen LogP contribution in [0.3, 0.4) is 0 Å². The van der Waals surface area contributed by atoms with Gasteiger partial charge in [-0.3, -0.25) is 0 Å². The standard InChI is InChI=1S/C11H23NO/c1-2-3-8-12-9-4-6-11-7-5-10-13-11/h11-12H,2-10H2,1H3. The Morgan fingerprint density at radius 3 is 2.85 bits per heavy atom. The molecule has 1 atom stereocenters. The number of ether oxygens (including phenoxy) is 1. The van der Waals surface area contributed by atoms with Crippen LogP contribution in [0.25, 0.3) is 0 Å². The van der Waals surface area contributed by atoms with Crippen molar-refractivity contribution >= 4 is 0 Å². The van der Waals surface area contributed by atoms with Crippen LogP contribution < -0.4 is 5.32 Å². The van der Waals surface area contributed by atoms with Gasteiger partial charge in [-0.25, -0.2) is 0 Å². The summed E-state index contributed by atoms with van der Waals surface area (Å²) in [7, 11) is 0. The fraction of sp³-hybridized carbons (Fsp3) is 1.00. The zero-order chi connectivity index (χ0) is 9.36. The maximum atomic E-state index is 5.55. The third-order valence-corrected chi connectivity index (χ3v) is 2.61. The maximum absolute atomic E-state index is 5.55. The van der Waals surface area contributed by atoms with Crippen molar-refractivity contribution in [2.45, 2.75) is 51.6 Å². The van der Waals surface area contributed by atoms with Crippen molar-refractivity contribution in [2.24, 2.45) is 0 Å². The number of hydrogen-bond acceptors (Lipinski definition) is 2. The van der Waals surface area contributed by atoms with Crippen molar-refractivity contribution in [3.63, 3.8) is 0 Å². The molecule has 0 amide bonds. The van der Waals surface area contributed by atoms with Gasteiger partial charge in [-0.05, 0) is 45.2 Å². The molecule has 78 valence electrons. The third-order valence-electron chi connectivity index (χ3n) is 2.61. The van der Waals surface area contributed by atoms with Crippen LogP contribution in [0.1, 0.15) is 45.4 Å².